The van der Waals surface area contributed by atoms with Gasteiger partial charge >= 0.3 is 0 Å². The van der Waals surface area contributed by atoms with E-state index in [0.29, 0.717) is 19.0 Å². The molecule has 0 spiro atoms. The second kappa shape index (κ2) is 10.1. The van der Waals surface area contributed by atoms with E-state index in [1.54, 1.807) is 32.7 Å². The van der Waals surface area contributed by atoms with Crippen LogP contribution in [0.2, 0.25) is 0 Å². The Morgan fingerprint density at radius 3 is 2.59 bits per heavy atom. The zero-order chi connectivity index (χ0) is 24.1. The van der Waals surface area contributed by atoms with Crippen molar-refractivity contribution in [2.75, 3.05) is 27.4 Å². The predicted octanol–water partition coefficient (Wildman–Crippen LogP) is 4.90. The first kappa shape index (κ1) is 23.5. The number of benzene rings is 2. The Morgan fingerprint density at radius 1 is 1.12 bits per heavy atom. The van der Waals surface area contributed by atoms with Crippen LogP contribution >= 0.6 is 0 Å². The van der Waals surface area contributed by atoms with E-state index in [9.17, 15) is 4.39 Å². The molecule has 34 heavy (non-hydrogen) atoms. The van der Waals surface area contributed by atoms with Gasteiger partial charge in [-0.1, -0.05) is 29.4 Å². The molecule has 1 aliphatic rings. The standard InChI is InChI=1S/C26H29FN4O3/c1-19-17-30(18-28-19)23-12-6-20(16-24(23)33-4)7-13-25-29-34-26(2,31(25)14-5-15-32-3)21-8-10-22(27)11-9-21/h6-13,16-18H,5,14-15H2,1-4H3/b13-7+. The van der Waals surface area contributed by atoms with E-state index in [1.165, 1.54) is 12.1 Å². The van der Waals surface area contributed by atoms with Crippen molar-refractivity contribution in [1.29, 1.82) is 0 Å². The number of hydrogen-bond donors (Lipinski definition) is 0. The summed E-state index contributed by atoms with van der Waals surface area (Å²) >= 11 is 0. The fraction of sp³-hybridized carbons (Fsp3) is 0.308. The number of aryl methyl sites for hydroxylation is 1. The van der Waals surface area contributed by atoms with Crippen molar-refractivity contribution in [3.8, 4) is 11.4 Å². The predicted molar refractivity (Wildman–Crippen MR) is 129 cm³/mol. The van der Waals surface area contributed by atoms with Crippen LogP contribution in [0.3, 0.4) is 0 Å². The molecule has 0 fully saturated rings. The molecule has 2 heterocycles. The summed E-state index contributed by atoms with van der Waals surface area (Å²) in [7, 11) is 3.33. The van der Waals surface area contributed by atoms with Gasteiger partial charge in [-0.05, 0) is 49.2 Å². The van der Waals surface area contributed by atoms with Crippen molar-refractivity contribution in [2.24, 2.45) is 5.16 Å². The lowest BCUT2D eigenvalue weighted by molar-refractivity contribution is -0.0914. The maximum Gasteiger partial charge on any atom is 0.234 e. The third kappa shape index (κ3) is 4.82. The van der Waals surface area contributed by atoms with Crippen molar-refractivity contribution >= 4 is 11.9 Å². The number of nitrogens with zero attached hydrogens (tertiary/aromatic N) is 4. The lowest BCUT2D eigenvalue weighted by Gasteiger charge is -2.34. The number of imidazole rings is 1. The molecule has 0 amide bonds. The van der Waals surface area contributed by atoms with Crippen LogP contribution in [-0.2, 0) is 15.3 Å². The molecule has 0 saturated heterocycles. The molecule has 3 aromatic rings. The lowest BCUT2D eigenvalue weighted by Crippen LogP contribution is -2.44. The van der Waals surface area contributed by atoms with Crippen LogP contribution in [0.25, 0.3) is 11.8 Å². The Bertz CT molecular complexity index is 1190. The first-order chi connectivity index (χ1) is 16.4. The minimum absolute atomic E-state index is 0.291. The molecule has 7 nitrogen and oxygen atoms in total. The molecule has 178 valence electrons. The monoisotopic (exact) mass is 464 g/mol. The molecule has 2 aromatic carbocycles. The largest absolute Gasteiger partial charge is 0.495 e. The molecule has 8 heteroatoms. The number of ether oxygens (including phenoxy) is 2. The topological polar surface area (TPSA) is 61.1 Å². The summed E-state index contributed by atoms with van der Waals surface area (Å²) in [6.45, 7) is 5.15. The zero-order valence-corrected chi connectivity index (χ0v) is 19.9. The smallest absolute Gasteiger partial charge is 0.234 e. The summed E-state index contributed by atoms with van der Waals surface area (Å²) in [6, 6.07) is 12.3. The number of aromatic nitrogens is 2. The van der Waals surface area contributed by atoms with Crippen molar-refractivity contribution in [3.63, 3.8) is 0 Å². The Balaban J connectivity index is 1.58. The van der Waals surface area contributed by atoms with Crippen LogP contribution in [0.1, 0.15) is 30.2 Å². The van der Waals surface area contributed by atoms with Crippen LogP contribution in [0.4, 0.5) is 4.39 Å². The quantitative estimate of drug-likeness (QED) is 0.422. The van der Waals surface area contributed by atoms with E-state index in [0.717, 1.165) is 34.7 Å². The molecule has 0 saturated carbocycles. The summed E-state index contributed by atoms with van der Waals surface area (Å²) in [5, 5.41) is 4.35. The van der Waals surface area contributed by atoms with Gasteiger partial charge in [0.2, 0.25) is 5.72 Å². The van der Waals surface area contributed by atoms with Gasteiger partial charge in [0, 0.05) is 38.9 Å². The van der Waals surface area contributed by atoms with Gasteiger partial charge in [0.1, 0.15) is 11.6 Å². The second-order valence-corrected chi connectivity index (χ2v) is 8.22. The fourth-order valence-corrected chi connectivity index (χ4v) is 3.97. The normalized spacial score (nSPS) is 17.8. The van der Waals surface area contributed by atoms with Gasteiger partial charge < -0.3 is 23.8 Å². The number of hydrogen-bond acceptors (Lipinski definition) is 6. The SMILES string of the molecule is COCCCN1C(/C=C/c2ccc(-n3cnc(C)c3)c(OC)c2)=NOC1(C)c1ccc(F)cc1. The van der Waals surface area contributed by atoms with Crippen molar-refractivity contribution in [1.82, 2.24) is 14.5 Å². The summed E-state index contributed by atoms with van der Waals surface area (Å²) in [6.07, 6.45) is 8.38. The summed E-state index contributed by atoms with van der Waals surface area (Å²) in [4.78, 5) is 12.3. The summed E-state index contributed by atoms with van der Waals surface area (Å²) < 4.78 is 26.3. The molecule has 0 bridgehead atoms. The van der Waals surface area contributed by atoms with Crippen molar-refractivity contribution in [3.05, 3.63) is 83.7 Å². The van der Waals surface area contributed by atoms with Gasteiger partial charge in [0.05, 0.1) is 24.8 Å². The van der Waals surface area contributed by atoms with E-state index in [1.807, 2.05) is 55.0 Å². The molecule has 0 aliphatic carbocycles. The molecule has 1 aromatic heterocycles. The number of methoxy groups -OCH3 is 2. The van der Waals surface area contributed by atoms with Gasteiger partial charge in [-0.15, -0.1) is 0 Å². The lowest BCUT2D eigenvalue weighted by atomic mass is 10.0. The second-order valence-electron chi connectivity index (χ2n) is 8.22. The molecule has 4 rings (SSSR count). The van der Waals surface area contributed by atoms with Gasteiger partial charge in [0.25, 0.3) is 0 Å². The maximum atomic E-state index is 13.5. The average molecular weight is 465 g/mol. The van der Waals surface area contributed by atoms with E-state index >= 15 is 0 Å². The first-order valence-electron chi connectivity index (χ1n) is 11.1. The van der Waals surface area contributed by atoms with Gasteiger partial charge in [-0.3, -0.25) is 0 Å². The van der Waals surface area contributed by atoms with Crippen LogP contribution < -0.4 is 4.74 Å². The highest BCUT2D eigenvalue weighted by Gasteiger charge is 2.42. The minimum atomic E-state index is -0.845. The van der Waals surface area contributed by atoms with Crippen LogP contribution in [0.15, 0.2) is 66.2 Å². The van der Waals surface area contributed by atoms with Crippen molar-refractivity contribution < 1.29 is 18.7 Å². The van der Waals surface area contributed by atoms with Gasteiger partial charge in [0.15, 0.2) is 5.84 Å². The average Bonchev–Trinajstić information content (AvgIpc) is 3.42. The highest BCUT2D eigenvalue weighted by molar-refractivity contribution is 5.97. The number of oxime groups is 1. The molecule has 1 atom stereocenters. The molecule has 0 N–H and O–H groups in total. The minimum Gasteiger partial charge on any atom is -0.495 e. The highest BCUT2D eigenvalue weighted by Crippen LogP contribution is 2.36. The summed E-state index contributed by atoms with van der Waals surface area (Å²) in [5.41, 5.74) is 2.77. The Hall–Kier alpha value is -3.65. The Labute approximate surface area is 199 Å². The van der Waals surface area contributed by atoms with Crippen molar-refractivity contribution in [2.45, 2.75) is 26.0 Å². The Kier molecular flexibility index (Phi) is 6.98. The van der Waals surface area contributed by atoms with E-state index in [4.69, 9.17) is 14.3 Å². The fourth-order valence-electron chi connectivity index (χ4n) is 3.97. The first-order valence-corrected chi connectivity index (χ1v) is 11.1. The number of halogens is 1. The number of rotatable bonds is 9. The summed E-state index contributed by atoms with van der Waals surface area (Å²) in [5.74, 6) is 1.12. The molecular weight excluding hydrogens is 435 g/mol. The highest BCUT2D eigenvalue weighted by atomic mass is 19.1. The third-order valence-corrected chi connectivity index (χ3v) is 5.84. The maximum absolute atomic E-state index is 13.5. The molecule has 1 aliphatic heterocycles. The van der Waals surface area contributed by atoms with Gasteiger partial charge in [-0.2, -0.15) is 0 Å². The molecule has 0 radical (unpaired) electrons. The van der Waals surface area contributed by atoms with Crippen LogP contribution in [-0.4, -0.2) is 47.7 Å². The number of amidine groups is 1. The Morgan fingerprint density at radius 2 is 1.91 bits per heavy atom. The van der Waals surface area contributed by atoms with E-state index in [-0.39, 0.29) is 5.82 Å². The molecular formula is C26H29FN4O3. The zero-order valence-electron chi connectivity index (χ0n) is 19.9. The van der Waals surface area contributed by atoms with E-state index < -0.39 is 5.72 Å². The van der Waals surface area contributed by atoms with E-state index in [2.05, 4.69) is 15.0 Å². The van der Waals surface area contributed by atoms with Crippen LogP contribution in [0.5, 0.6) is 5.75 Å². The molecule has 1 unspecified atom stereocenters. The van der Waals surface area contributed by atoms with Gasteiger partial charge in [-0.25, -0.2) is 9.37 Å². The van der Waals surface area contributed by atoms with Crippen LogP contribution in [0, 0.1) is 12.7 Å². The third-order valence-electron chi connectivity index (χ3n) is 5.84.